The Morgan fingerprint density at radius 3 is 2.42 bits per heavy atom. The lowest BCUT2D eigenvalue weighted by atomic mass is 10.1. The highest BCUT2D eigenvalue weighted by Gasteiger charge is 1.92. The van der Waals surface area contributed by atoms with E-state index in [0.29, 0.717) is 6.54 Å². The van der Waals surface area contributed by atoms with E-state index >= 15 is 0 Å². The molecule has 0 unspecified atom stereocenters. The van der Waals surface area contributed by atoms with E-state index in [-0.39, 0.29) is 0 Å². The molecule has 1 radical (unpaired) electrons. The minimum absolute atomic E-state index is 0.532. The quantitative estimate of drug-likeness (QED) is 0.653. The summed E-state index contributed by atoms with van der Waals surface area (Å²) in [5.74, 6) is 0. The maximum atomic E-state index is 7.03. The first kappa shape index (κ1) is 9.62. The van der Waals surface area contributed by atoms with Gasteiger partial charge in [0.15, 0.2) is 0 Å². The molecule has 1 aromatic carbocycles. The van der Waals surface area contributed by atoms with Gasteiger partial charge in [0, 0.05) is 11.4 Å². The van der Waals surface area contributed by atoms with E-state index in [9.17, 15) is 0 Å². The summed E-state index contributed by atoms with van der Waals surface area (Å²) in [5.41, 5.74) is 8.37. The van der Waals surface area contributed by atoms with E-state index in [1.54, 1.807) is 11.8 Å². The van der Waals surface area contributed by atoms with Crippen LogP contribution in [0.1, 0.15) is 12.0 Å². The van der Waals surface area contributed by atoms with Crippen molar-refractivity contribution in [2.24, 2.45) is 0 Å². The molecule has 0 spiro atoms. The number of hydrogen-bond donors (Lipinski definition) is 0. The van der Waals surface area contributed by atoms with Gasteiger partial charge in [-0.25, -0.2) is 0 Å². The summed E-state index contributed by atoms with van der Waals surface area (Å²) in [6.07, 6.45) is 4.09. The fourth-order valence-electron chi connectivity index (χ4n) is 1.08. The van der Waals surface area contributed by atoms with Crippen molar-refractivity contribution in [1.82, 2.24) is 5.73 Å². The summed E-state index contributed by atoms with van der Waals surface area (Å²) in [7, 11) is 0. The third-order valence-corrected chi connectivity index (χ3v) is 2.54. The van der Waals surface area contributed by atoms with Gasteiger partial charge in [0.1, 0.15) is 0 Å². The van der Waals surface area contributed by atoms with Crippen molar-refractivity contribution in [3.8, 4) is 0 Å². The van der Waals surface area contributed by atoms with Crippen molar-refractivity contribution in [2.45, 2.75) is 17.7 Å². The second-order valence-corrected chi connectivity index (χ2v) is 3.58. The molecule has 0 amide bonds. The van der Waals surface area contributed by atoms with Gasteiger partial charge in [-0.15, -0.1) is 11.8 Å². The predicted molar refractivity (Wildman–Crippen MR) is 54.5 cm³/mol. The summed E-state index contributed by atoms with van der Waals surface area (Å²) >= 11 is 1.76. The van der Waals surface area contributed by atoms with E-state index in [1.165, 1.54) is 10.5 Å². The van der Waals surface area contributed by atoms with Crippen LogP contribution in [0.5, 0.6) is 0 Å². The second kappa shape index (κ2) is 5.22. The largest absolute Gasteiger partial charge is 0.258 e. The van der Waals surface area contributed by atoms with Crippen molar-refractivity contribution in [1.29, 1.82) is 0 Å². The van der Waals surface area contributed by atoms with Gasteiger partial charge in [0.2, 0.25) is 0 Å². The minimum atomic E-state index is 0.532. The summed E-state index contributed by atoms with van der Waals surface area (Å²) in [6, 6.07) is 8.59. The topological polar surface area (TPSA) is 23.8 Å². The zero-order valence-corrected chi connectivity index (χ0v) is 8.16. The van der Waals surface area contributed by atoms with Crippen molar-refractivity contribution in [2.75, 3.05) is 12.8 Å². The van der Waals surface area contributed by atoms with E-state index in [1.807, 2.05) is 0 Å². The van der Waals surface area contributed by atoms with Gasteiger partial charge in [-0.2, -0.15) is 0 Å². The highest BCUT2D eigenvalue weighted by molar-refractivity contribution is 7.98. The monoisotopic (exact) mass is 180 g/mol. The van der Waals surface area contributed by atoms with Gasteiger partial charge in [-0.1, -0.05) is 12.1 Å². The number of benzene rings is 1. The van der Waals surface area contributed by atoms with Crippen molar-refractivity contribution < 1.29 is 0 Å². The molecule has 0 aliphatic heterocycles. The molecule has 0 atom stereocenters. The molecule has 0 aromatic heterocycles. The summed E-state index contributed by atoms with van der Waals surface area (Å²) < 4.78 is 0. The standard InChI is InChI=1S/C10H14NS/c1-12-10-6-4-9(5-7-10)3-2-8-11/h4-7,11H,2-3,8H2,1H3. The van der Waals surface area contributed by atoms with Crippen LogP contribution in [0.15, 0.2) is 29.2 Å². The van der Waals surface area contributed by atoms with Crippen molar-refractivity contribution in [3.05, 3.63) is 29.8 Å². The Labute approximate surface area is 78.4 Å². The molecule has 12 heavy (non-hydrogen) atoms. The number of hydrogen-bond acceptors (Lipinski definition) is 1. The van der Waals surface area contributed by atoms with Crippen LogP contribution in [-0.4, -0.2) is 12.8 Å². The lowest BCUT2D eigenvalue weighted by Gasteiger charge is -2.00. The van der Waals surface area contributed by atoms with E-state index < -0.39 is 0 Å². The minimum Gasteiger partial charge on any atom is -0.258 e. The average molecular weight is 180 g/mol. The SMILES string of the molecule is CSc1ccc(CCC[NH])cc1. The molecule has 0 saturated heterocycles. The molecule has 0 bridgehead atoms. The average Bonchev–Trinajstić information content (AvgIpc) is 2.15. The fourth-order valence-corrected chi connectivity index (χ4v) is 1.49. The van der Waals surface area contributed by atoms with Gasteiger partial charge in [-0.05, 0) is 36.8 Å². The Bertz CT molecular complexity index is 218. The Balaban J connectivity index is 2.53. The lowest BCUT2D eigenvalue weighted by molar-refractivity contribution is 0.816. The highest BCUT2D eigenvalue weighted by Crippen LogP contribution is 2.15. The first-order valence-electron chi connectivity index (χ1n) is 4.14. The van der Waals surface area contributed by atoms with Gasteiger partial charge >= 0.3 is 0 Å². The molecule has 0 aliphatic carbocycles. The van der Waals surface area contributed by atoms with Gasteiger partial charge in [-0.3, -0.25) is 5.73 Å². The third-order valence-electron chi connectivity index (χ3n) is 1.80. The maximum Gasteiger partial charge on any atom is 0.0103 e. The lowest BCUT2D eigenvalue weighted by Crippen LogP contribution is -1.90. The zero-order valence-electron chi connectivity index (χ0n) is 7.34. The Kier molecular flexibility index (Phi) is 4.19. The van der Waals surface area contributed by atoms with E-state index in [2.05, 4.69) is 30.5 Å². The van der Waals surface area contributed by atoms with Crippen LogP contribution < -0.4 is 5.73 Å². The second-order valence-electron chi connectivity index (χ2n) is 2.70. The number of thioether (sulfide) groups is 1. The Hall–Kier alpha value is -0.470. The molecule has 65 valence electrons. The number of aryl methyl sites for hydroxylation is 1. The van der Waals surface area contributed by atoms with Crippen LogP contribution >= 0.6 is 11.8 Å². The van der Waals surface area contributed by atoms with Crippen LogP contribution in [0.25, 0.3) is 0 Å². The smallest absolute Gasteiger partial charge is 0.0103 e. The highest BCUT2D eigenvalue weighted by atomic mass is 32.2. The predicted octanol–water partition coefficient (Wildman–Crippen LogP) is 2.62. The molecule has 1 nitrogen and oxygen atoms in total. The molecule has 1 N–H and O–H groups in total. The fraction of sp³-hybridized carbons (Fsp3) is 0.400. The molecule has 1 rings (SSSR count). The number of rotatable bonds is 4. The summed E-state index contributed by atoms with van der Waals surface area (Å²) in [5, 5.41) is 0. The normalized spacial score (nSPS) is 10.2. The molecule has 2 heteroatoms. The molecular formula is C10H14NS. The Morgan fingerprint density at radius 2 is 1.92 bits per heavy atom. The first-order valence-corrected chi connectivity index (χ1v) is 5.37. The molecule has 1 aromatic rings. The van der Waals surface area contributed by atoms with Crippen LogP contribution in [0.4, 0.5) is 0 Å². The van der Waals surface area contributed by atoms with Crippen molar-refractivity contribution in [3.63, 3.8) is 0 Å². The van der Waals surface area contributed by atoms with Gasteiger partial charge in [0.05, 0.1) is 0 Å². The van der Waals surface area contributed by atoms with Crippen LogP contribution in [0.2, 0.25) is 0 Å². The van der Waals surface area contributed by atoms with Crippen molar-refractivity contribution >= 4 is 11.8 Å². The van der Waals surface area contributed by atoms with Gasteiger partial charge in [0.25, 0.3) is 0 Å². The summed E-state index contributed by atoms with van der Waals surface area (Å²) in [4.78, 5) is 1.31. The van der Waals surface area contributed by atoms with E-state index in [0.717, 1.165) is 12.8 Å². The van der Waals surface area contributed by atoms with Crippen LogP contribution in [0.3, 0.4) is 0 Å². The van der Waals surface area contributed by atoms with E-state index in [4.69, 9.17) is 5.73 Å². The number of nitrogens with one attached hydrogen (secondary N) is 1. The third kappa shape index (κ3) is 2.88. The summed E-state index contributed by atoms with van der Waals surface area (Å²) in [6.45, 7) is 0.532. The molecular weight excluding hydrogens is 166 g/mol. The Morgan fingerprint density at radius 1 is 1.25 bits per heavy atom. The maximum absolute atomic E-state index is 7.03. The molecule has 0 fully saturated rings. The zero-order chi connectivity index (χ0) is 8.81. The van der Waals surface area contributed by atoms with Gasteiger partial charge < -0.3 is 0 Å². The molecule has 0 aliphatic rings. The van der Waals surface area contributed by atoms with Crippen LogP contribution in [-0.2, 0) is 6.42 Å². The molecule has 0 heterocycles. The van der Waals surface area contributed by atoms with Crippen LogP contribution in [0, 0.1) is 0 Å². The molecule has 0 saturated carbocycles. The first-order chi connectivity index (χ1) is 5.86.